The minimum Gasteiger partial charge on any atom is -0.349 e. The first kappa shape index (κ1) is 10.4. The summed E-state index contributed by atoms with van der Waals surface area (Å²) in [5.41, 5.74) is 1.07. The van der Waals surface area contributed by atoms with Gasteiger partial charge in [0.1, 0.15) is 0 Å². The predicted molar refractivity (Wildman–Crippen MR) is 61.2 cm³/mol. The lowest BCUT2D eigenvalue weighted by molar-refractivity contribution is -0.108. The molecule has 5 heteroatoms. The molecule has 15 heavy (non-hydrogen) atoms. The summed E-state index contributed by atoms with van der Waals surface area (Å²) >= 11 is 8.36. The number of rotatable bonds is 2. The number of H-pyrrole nitrogens is 1. The maximum Gasteiger partial charge on any atom is 0.293 e. The number of para-hydroxylation sites is 1. The molecule has 0 radical (unpaired) electrons. The first-order valence-electron chi connectivity index (χ1n) is 4.11. The van der Waals surface area contributed by atoms with Gasteiger partial charge < -0.3 is 4.98 Å². The Bertz CT molecular complexity index is 562. The molecular formula is C10H5BrClNO2. The van der Waals surface area contributed by atoms with Crippen LogP contribution in [0.1, 0.15) is 10.4 Å². The van der Waals surface area contributed by atoms with Crippen LogP contribution in [0.5, 0.6) is 0 Å². The van der Waals surface area contributed by atoms with Gasteiger partial charge in [0.05, 0.1) is 10.2 Å². The maximum atomic E-state index is 11.5. The zero-order valence-corrected chi connectivity index (χ0v) is 9.72. The van der Waals surface area contributed by atoms with Gasteiger partial charge in [-0.25, -0.2) is 0 Å². The molecule has 2 rings (SSSR count). The predicted octanol–water partition coefficient (Wildman–Crippen LogP) is 2.88. The molecule has 0 fully saturated rings. The number of hydrogen-bond donors (Lipinski definition) is 1. The molecule has 3 nitrogen and oxygen atoms in total. The van der Waals surface area contributed by atoms with E-state index in [1.54, 1.807) is 12.1 Å². The van der Waals surface area contributed by atoms with Crippen molar-refractivity contribution in [3.05, 3.63) is 34.4 Å². The van der Waals surface area contributed by atoms with Gasteiger partial charge in [-0.05, 0) is 33.6 Å². The van der Waals surface area contributed by atoms with Crippen molar-refractivity contribution in [1.29, 1.82) is 0 Å². The van der Waals surface area contributed by atoms with Crippen molar-refractivity contribution >= 4 is 49.5 Å². The third-order valence-corrected chi connectivity index (χ3v) is 2.83. The Kier molecular flexibility index (Phi) is 2.63. The number of aromatic amines is 1. The van der Waals surface area contributed by atoms with Gasteiger partial charge in [0.25, 0.3) is 5.24 Å². The Hall–Kier alpha value is -1.13. The number of halogens is 2. The summed E-state index contributed by atoms with van der Waals surface area (Å²) in [6.45, 7) is 0. The molecule has 2 aromatic rings. The lowest BCUT2D eigenvalue weighted by atomic mass is 10.1. The number of benzene rings is 1. The van der Waals surface area contributed by atoms with Crippen molar-refractivity contribution in [2.45, 2.75) is 0 Å². The second-order valence-electron chi connectivity index (χ2n) is 2.96. The molecule has 0 bridgehead atoms. The summed E-state index contributed by atoms with van der Waals surface area (Å²) < 4.78 is 0.475. The smallest absolute Gasteiger partial charge is 0.293 e. The molecule has 0 aliphatic heterocycles. The van der Waals surface area contributed by atoms with Gasteiger partial charge in [-0.15, -0.1) is 0 Å². The quantitative estimate of drug-likeness (QED) is 0.524. The molecule has 1 aromatic carbocycles. The number of carbonyl (C=O) groups is 2. The Labute approximate surface area is 98.5 Å². The van der Waals surface area contributed by atoms with E-state index in [-0.39, 0.29) is 5.56 Å². The number of ketones is 1. The average Bonchev–Trinajstić information content (AvgIpc) is 2.52. The van der Waals surface area contributed by atoms with Crippen molar-refractivity contribution in [3.63, 3.8) is 0 Å². The van der Waals surface area contributed by atoms with E-state index in [2.05, 4.69) is 20.9 Å². The summed E-state index contributed by atoms with van der Waals surface area (Å²) in [4.78, 5) is 25.3. The summed E-state index contributed by atoms with van der Waals surface area (Å²) in [5.74, 6) is -0.707. The molecule has 0 aliphatic carbocycles. The molecule has 1 heterocycles. The van der Waals surface area contributed by atoms with Gasteiger partial charge in [-0.2, -0.15) is 0 Å². The van der Waals surface area contributed by atoms with Crippen LogP contribution in [0.4, 0.5) is 0 Å². The normalized spacial score (nSPS) is 10.5. The van der Waals surface area contributed by atoms with Crippen molar-refractivity contribution < 1.29 is 9.59 Å². The number of carbonyl (C=O) groups excluding carboxylic acids is 2. The van der Waals surface area contributed by atoms with Crippen molar-refractivity contribution in [2.75, 3.05) is 0 Å². The van der Waals surface area contributed by atoms with E-state index in [4.69, 9.17) is 11.6 Å². The van der Waals surface area contributed by atoms with Crippen LogP contribution in [0.2, 0.25) is 0 Å². The zero-order chi connectivity index (χ0) is 11.0. The Morgan fingerprint density at radius 1 is 1.27 bits per heavy atom. The second kappa shape index (κ2) is 3.79. The van der Waals surface area contributed by atoms with E-state index in [9.17, 15) is 9.59 Å². The fraction of sp³-hybridized carbons (Fsp3) is 0. The van der Waals surface area contributed by atoms with E-state index in [1.807, 2.05) is 12.1 Å². The lowest BCUT2D eigenvalue weighted by Gasteiger charge is -1.93. The fourth-order valence-corrected chi connectivity index (χ4v) is 2.13. The van der Waals surface area contributed by atoms with Crippen LogP contribution >= 0.6 is 27.5 Å². The lowest BCUT2D eigenvalue weighted by Crippen LogP contribution is -2.07. The molecule has 1 aromatic heterocycles. The third kappa shape index (κ3) is 1.70. The maximum absolute atomic E-state index is 11.5. The molecule has 1 N–H and O–H groups in total. The highest BCUT2D eigenvalue weighted by molar-refractivity contribution is 9.10. The monoisotopic (exact) mass is 285 g/mol. The van der Waals surface area contributed by atoms with Gasteiger partial charge in [-0.3, -0.25) is 9.59 Å². The van der Waals surface area contributed by atoms with E-state index in [0.29, 0.717) is 9.99 Å². The van der Waals surface area contributed by atoms with Crippen LogP contribution in [0.15, 0.2) is 28.9 Å². The molecule has 0 unspecified atom stereocenters. The minimum atomic E-state index is -0.986. The number of aromatic nitrogens is 1. The molecule has 0 aliphatic rings. The first-order chi connectivity index (χ1) is 7.11. The SMILES string of the molecule is O=C(Cl)C(=O)c1c(Br)[nH]c2ccccc12. The van der Waals surface area contributed by atoms with Gasteiger partial charge in [-0.1, -0.05) is 18.2 Å². The van der Waals surface area contributed by atoms with Gasteiger partial charge in [0, 0.05) is 10.9 Å². The van der Waals surface area contributed by atoms with E-state index < -0.39 is 11.0 Å². The van der Waals surface area contributed by atoms with Crippen LogP contribution < -0.4 is 0 Å². The number of Topliss-reactive ketones (excluding diaryl/α,β-unsaturated/α-hetero) is 1. The highest BCUT2D eigenvalue weighted by Crippen LogP contribution is 2.27. The number of nitrogens with one attached hydrogen (secondary N) is 1. The van der Waals surface area contributed by atoms with Crippen LogP contribution in [0.25, 0.3) is 10.9 Å². The topological polar surface area (TPSA) is 49.9 Å². The van der Waals surface area contributed by atoms with E-state index in [0.717, 1.165) is 5.52 Å². The Morgan fingerprint density at radius 3 is 2.60 bits per heavy atom. The molecule has 0 spiro atoms. The van der Waals surface area contributed by atoms with E-state index in [1.165, 1.54) is 0 Å². The van der Waals surface area contributed by atoms with Crippen molar-refractivity contribution in [1.82, 2.24) is 4.98 Å². The Morgan fingerprint density at radius 2 is 1.93 bits per heavy atom. The highest BCUT2D eigenvalue weighted by atomic mass is 79.9. The summed E-state index contributed by atoms with van der Waals surface area (Å²) in [7, 11) is 0. The van der Waals surface area contributed by atoms with Crippen LogP contribution in [0, 0.1) is 0 Å². The summed E-state index contributed by atoms with van der Waals surface area (Å²) in [6.07, 6.45) is 0. The molecule has 0 saturated heterocycles. The molecule has 0 saturated carbocycles. The molecule has 0 amide bonds. The Balaban J connectivity index is 2.74. The number of hydrogen-bond acceptors (Lipinski definition) is 2. The minimum absolute atomic E-state index is 0.283. The summed E-state index contributed by atoms with van der Waals surface area (Å²) in [5, 5.41) is -0.302. The molecule has 76 valence electrons. The third-order valence-electron chi connectivity index (χ3n) is 2.07. The van der Waals surface area contributed by atoms with Gasteiger partial charge in [0.15, 0.2) is 0 Å². The van der Waals surface area contributed by atoms with Gasteiger partial charge >= 0.3 is 0 Å². The summed E-state index contributed by atoms with van der Waals surface area (Å²) in [6, 6.07) is 7.19. The second-order valence-corrected chi connectivity index (χ2v) is 4.10. The van der Waals surface area contributed by atoms with Crippen molar-refractivity contribution in [3.8, 4) is 0 Å². The number of fused-ring (bicyclic) bond motifs is 1. The average molecular weight is 287 g/mol. The molecule has 0 atom stereocenters. The van der Waals surface area contributed by atoms with E-state index >= 15 is 0 Å². The van der Waals surface area contributed by atoms with Crippen LogP contribution in [0.3, 0.4) is 0 Å². The molecular weight excluding hydrogens is 281 g/mol. The van der Waals surface area contributed by atoms with Gasteiger partial charge in [0.2, 0.25) is 5.78 Å². The fourth-order valence-electron chi connectivity index (χ4n) is 1.43. The zero-order valence-electron chi connectivity index (χ0n) is 7.38. The first-order valence-corrected chi connectivity index (χ1v) is 5.28. The van der Waals surface area contributed by atoms with Crippen LogP contribution in [-0.2, 0) is 4.79 Å². The van der Waals surface area contributed by atoms with Crippen molar-refractivity contribution in [2.24, 2.45) is 0 Å². The largest absolute Gasteiger partial charge is 0.349 e. The highest BCUT2D eigenvalue weighted by Gasteiger charge is 2.21. The van der Waals surface area contributed by atoms with Crippen LogP contribution in [-0.4, -0.2) is 16.0 Å². The standard InChI is InChI=1S/C10H5BrClNO2/c11-9-7(8(14)10(12)15)5-3-1-2-4-6(5)13-9/h1-4,13H.